The Morgan fingerprint density at radius 1 is 1.13 bits per heavy atom. The van der Waals surface area contributed by atoms with Gasteiger partial charge in [-0.2, -0.15) is 0 Å². The first kappa shape index (κ1) is 16.1. The molecule has 0 amide bonds. The molecular formula is C17H25N5O. The Labute approximate surface area is 137 Å². The number of benzene rings is 1. The van der Waals surface area contributed by atoms with E-state index in [1.165, 1.54) is 5.56 Å². The van der Waals surface area contributed by atoms with Crippen LogP contribution < -0.4 is 0 Å². The van der Waals surface area contributed by atoms with E-state index in [9.17, 15) is 0 Å². The number of tetrazole rings is 1. The van der Waals surface area contributed by atoms with Crippen LogP contribution in [0.25, 0.3) is 0 Å². The molecule has 0 N–H and O–H groups in total. The van der Waals surface area contributed by atoms with Crippen molar-refractivity contribution in [2.24, 2.45) is 5.92 Å². The molecule has 23 heavy (non-hydrogen) atoms. The lowest BCUT2D eigenvalue weighted by molar-refractivity contribution is 0.00865. The van der Waals surface area contributed by atoms with Gasteiger partial charge in [-0.15, -0.1) is 5.10 Å². The Balaban J connectivity index is 1.83. The standard InChI is InChI=1S/C17H25N5O/c1-14(2)12-16(21-8-10-23-11-9-21)17-18-19-20-22(17)13-15-6-4-3-5-7-15/h3-7,14,16H,8-13H2,1-2H3/t16-/m0/s1. The van der Waals surface area contributed by atoms with Gasteiger partial charge in [-0.1, -0.05) is 44.2 Å². The molecule has 1 saturated heterocycles. The Hall–Kier alpha value is -1.79. The Morgan fingerprint density at radius 3 is 2.57 bits per heavy atom. The summed E-state index contributed by atoms with van der Waals surface area (Å²) in [7, 11) is 0. The minimum Gasteiger partial charge on any atom is -0.379 e. The third-order valence-electron chi connectivity index (χ3n) is 4.21. The molecule has 1 fully saturated rings. The minimum absolute atomic E-state index is 0.248. The summed E-state index contributed by atoms with van der Waals surface area (Å²) < 4.78 is 7.44. The second kappa shape index (κ2) is 7.66. The van der Waals surface area contributed by atoms with Crippen molar-refractivity contribution >= 4 is 0 Å². The summed E-state index contributed by atoms with van der Waals surface area (Å²) in [6.45, 7) is 8.66. The van der Waals surface area contributed by atoms with Crippen molar-refractivity contribution in [1.82, 2.24) is 25.1 Å². The summed E-state index contributed by atoms with van der Waals surface area (Å²) in [5, 5.41) is 12.5. The summed E-state index contributed by atoms with van der Waals surface area (Å²) in [6.07, 6.45) is 1.05. The predicted octanol–water partition coefficient (Wildman–Crippen LogP) is 2.14. The van der Waals surface area contributed by atoms with E-state index in [0.717, 1.165) is 38.5 Å². The molecule has 2 heterocycles. The number of aromatic nitrogens is 4. The van der Waals surface area contributed by atoms with E-state index in [1.807, 2.05) is 22.9 Å². The molecule has 1 aliphatic heterocycles. The lowest BCUT2D eigenvalue weighted by Crippen LogP contribution is -2.40. The maximum atomic E-state index is 5.50. The van der Waals surface area contributed by atoms with Gasteiger partial charge in [0.1, 0.15) is 0 Å². The number of hydrogen-bond acceptors (Lipinski definition) is 5. The monoisotopic (exact) mass is 315 g/mol. The van der Waals surface area contributed by atoms with Crippen LogP contribution >= 0.6 is 0 Å². The molecule has 6 nitrogen and oxygen atoms in total. The summed E-state index contributed by atoms with van der Waals surface area (Å²) in [6, 6.07) is 10.6. The van der Waals surface area contributed by atoms with Crippen molar-refractivity contribution < 1.29 is 4.74 Å². The molecule has 1 aromatic heterocycles. The van der Waals surface area contributed by atoms with Gasteiger partial charge in [0.15, 0.2) is 5.82 Å². The summed E-state index contributed by atoms with van der Waals surface area (Å²) in [4.78, 5) is 2.46. The average Bonchev–Trinajstić information content (AvgIpc) is 3.02. The van der Waals surface area contributed by atoms with Gasteiger partial charge in [0.05, 0.1) is 25.8 Å². The fraction of sp³-hybridized carbons (Fsp3) is 0.588. The molecule has 0 radical (unpaired) electrons. The lowest BCUT2D eigenvalue weighted by atomic mass is 10.0. The molecule has 6 heteroatoms. The van der Waals surface area contributed by atoms with Crippen LogP contribution in [0.2, 0.25) is 0 Å². The fourth-order valence-electron chi connectivity index (χ4n) is 3.07. The molecule has 0 spiro atoms. The van der Waals surface area contributed by atoms with Crippen molar-refractivity contribution in [2.45, 2.75) is 32.9 Å². The number of hydrogen-bond donors (Lipinski definition) is 0. The van der Waals surface area contributed by atoms with Gasteiger partial charge in [0.25, 0.3) is 0 Å². The lowest BCUT2D eigenvalue weighted by Gasteiger charge is -2.34. The first-order chi connectivity index (χ1) is 11.2. The molecule has 124 valence electrons. The van der Waals surface area contributed by atoms with Gasteiger partial charge in [-0.25, -0.2) is 4.68 Å². The van der Waals surface area contributed by atoms with Gasteiger partial charge in [-0.05, 0) is 28.3 Å². The maximum absolute atomic E-state index is 5.50. The molecule has 2 aromatic rings. The van der Waals surface area contributed by atoms with Gasteiger partial charge < -0.3 is 4.74 Å². The molecule has 1 atom stereocenters. The van der Waals surface area contributed by atoms with Gasteiger partial charge in [-0.3, -0.25) is 4.90 Å². The van der Waals surface area contributed by atoms with Crippen LogP contribution in [0.15, 0.2) is 30.3 Å². The fourth-order valence-corrected chi connectivity index (χ4v) is 3.07. The maximum Gasteiger partial charge on any atom is 0.168 e. The first-order valence-corrected chi connectivity index (χ1v) is 8.36. The zero-order valence-corrected chi connectivity index (χ0v) is 13.9. The Morgan fingerprint density at radius 2 is 1.87 bits per heavy atom. The number of rotatable bonds is 6. The number of morpholine rings is 1. The van der Waals surface area contributed by atoms with Crippen LogP contribution in [0, 0.1) is 5.92 Å². The van der Waals surface area contributed by atoms with E-state index in [4.69, 9.17) is 4.74 Å². The highest BCUT2D eigenvalue weighted by Gasteiger charge is 2.28. The quantitative estimate of drug-likeness (QED) is 0.817. The van der Waals surface area contributed by atoms with Crippen LogP contribution in [0.5, 0.6) is 0 Å². The van der Waals surface area contributed by atoms with Gasteiger partial charge in [0, 0.05) is 13.1 Å². The molecule has 0 saturated carbocycles. The SMILES string of the molecule is CC(C)C[C@@H](c1nnnn1Cc1ccccc1)N1CCOCC1. The van der Waals surface area contributed by atoms with Crippen LogP contribution in [0.3, 0.4) is 0 Å². The molecule has 1 aromatic carbocycles. The zero-order chi connectivity index (χ0) is 16.1. The van der Waals surface area contributed by atoms with Crippen molar-refractivity contribution in [1.29, 1.82) is 0 Å². The predicted molar refractivity (Wildman–Crippen MR) is 87.9 cm³/mol. The average molecular weight is 315 g/mol. The highest BCUT2D eigenvalue weighted by atomic mass is 16.5. The first-order valence-electron chi connectivity index (χ1n) is 8.36. The smallest absolute Gasteiger partial charge is 0.168 e. The number of nitrogens with zero attached hydrogens (tertiary/aromatic N) is 5. The van der Waals surface area contributed by atoms with Crippen LogP contribution in [-0.4, -0.2) is 51.4 Å². The second-order valence-corrected chi connectivity index (χ2v) is 6.47. The van der Waals surface area contributed by atoms with Crippen molar-refractivity contribution in [3.63, 3.8) is 0 Å². The normalized spacial score (nSPS) is 17.5. The molecule has 0 unspecified atom stereocenters. The van der Waals surface area contributed by atoms with E-state index < -0.39 is 0 Å². The summed E-state index contributed by atoms with van der Waals surface area (Å²) in [5.41, 5.74) is 1.21. The van der Waals surface area contributed by atoms with E-state index in [1.54, 1.807) is 0 Å². The largest absolute Gasteiger partial charge is 0.379 e. The Bertz CT molecular complexity index is 592. The van der Waals surface area contributed by atoms with E-state index in [-0.39, 0.29) is 6.04 Å². The third kappa shape index (κ3) is 4.14. The van der Waals surface area contributed by atoms with Crippen LogP contribution in [0.1, 0.15) is 37.7 Å². The van der Waals surface area contributed by atoms with Crippen molar-refractivity contribution in [3.05, 3.63) is 41.7 Å². The van der Waals surface area contributed by atoms with E-state index in [0.29, 0.717) is 12.5 Å². The zero-order valence-electron chi connectivity index (χ0n) is 13.9. The van der Waals surface area contributed by atoms with Gasteiger partial charge in [0.2, 0.25) is 0 Å². The molecule has 3 rings (SSSR count). The highest BCUT2D eigenvalue weighted by molar-refractivity contribution is 5.15. The molecule has 0 aliphatic carbocycles. The molecular weight excluding hydrogens is 290 g/mol. The van der Waals surface area contributed by atoms with Gasteiger partial charge >= 0.3 is 0 Å². The summed E-state index contributed by atoms with van der Waals surface area (Å²) >= 11 is 0. The summed E-state index contributed by atoms with van der Waals surface area (Å²) in [5.74, 6) is 1.55. The van der Waals surface area contributed by atoms with Crippen LogP contribution in [0.4, 0.5) is 0 Å². The van der Waals surface area contributed by atoms with E-state index >= 15 is 0 Å². The third-order valence-corrected chi connectivity index (χ3v) is 4.21. The van der Waals surface area contributed by atoms with E-state index in [2.05, 4.69) is 46.4 Å². The topological polar surface area (TPSA) is 56.1 Å². The molecule has 1 aliphatic rings. The number of ether oxygens (including phenoxy) is 1. The van der Waals surface area contributed by atoms with Crippen molar-refractivity contribution in [2.75, 3.05) is 26.3 Å². The minimum atomic E-state index is 0.248. The highest BCUT2D eigenvalue weighted by Crippen LogP contribution is 2.27. The van der Waals surface area contributed by atoms with Crippen LogP contribution in [-0.2, 0) is 11.3 Å². The second-order valence-electron chi connectivity index (χ2n) is 6.47. The van der Waals surface area contributed by atoms with Crippen molar-refractivity contribution in [3.8, 4) is 0 Å². The Kier molecular flexibility index (Phi) is 5.35. The molecule has 0 bridgehead atoms.